The zero-order chi connectivity index (χ0) is 14.1. The number of benzene rings is 1. The van der Waals surface area contributed by atoms with Crippen LogP contribution in [0.4, 0.5) is 0 Å². The number of hydrogen-bond acceptors (Lipinski definition) is 4. The smallest absolute Gasteiger partial charge is 0.313 e. The van der Waals surface area contributed by atoms with Gasteiger partial charge in [-0.1, -0.05) is 30.3 Å². The van der Waals surface area contributed by atoms with Gasteiger partial charge in [-0.3, -0.25) is 4.79 Å². The van der Waals surface area contributed by atoms with Crippen molar-refractivity contribution in [1.82, 2.24) is 9.97 Å². The van der Waals surface area contributed by atoms with Crippen LogP contribution in [0.15, 0.2) is 23.2 Å². The molecule has 0 aliphatic heterocycles. The van der Waals surface area contributed by atoms with Gasteiger partial charge in [0.2, 0.25) is 0 Å². The molecule has 1 aromatic carbocycles. The fraction of sp³-hybridized carbons (Fsp3) is 0.400. The lowest BCUT2D eigenvalue weighted by atomic mass is 9.85. The normalized spacial score (nSPS) is 15.2. The number of hydrogen-bond donors (Lipinski definition) is 1. The van der Waals surface area contributed by atoms with E-state index in [9.17, 15) is 4.79 Å². The van der Waals surface area contributed by atoms with Crippen molar-refractivity contribution in [3.8, 4) is 0 Å². The summed E-state index contributed by atoms with van der Waals surface area (Å²) in [5.41, 5.74) is 2.02. The maximum Gasteiger partial charge on any atom is 0.313 e. The first-order valence-electron chi connectivity index (χ1n) is 6.77. The predicted octanol–water partition coefficient (Wildman–Crippen LogP) is 3.38. The lowest BCUT2D eigenvalue weighted by molar-refractivity contribution is -0.133. The van der Waals surface area contributed by atoms with E-state index in [4.69, 9.17) is 5.11 Å². The molecule has 1 aliphatic carbocycles. The van der Waals surface area contributed by atoms with E-state index in [1.54, 1.807) is 0 Å². The Kier molecular flexibility index (Phi) is 3.61. The standard InChI is InChI=1S/C15H16N2O2S/c1-9-4-2-7-11-13(9)15(20-8-12(18)19)17-14(16-11)10-5-3-6-10/h2,4,7,10H,3,5-6,8H2,1H3,(H,18,19). The molecule has 4 nitrogen and oxygen atoms in total. The molecule has 0 amide bonds. The predicted molar refractivity (Wildman–Crippen MR) is 79.2 cm³/mol. The summed E-state index contributed by atoms with van der Waals surface area (Å²) in [7, 11) is 0. The second kappa shape index (κ2) is 5.40. The SMILES string of the molecule is Cc1cccc2nc(C3CCC3)nc(SCC(=O)O)c12. The Morgan fingerprint density at radius 1 is 1.40 bits per heavy atom. The average Bonchev–Trinajstić information content (AvgIpc) is 2.34. The second-order valence-corrected chi connectivity index (χ2v) is 6.13. The summed E-state index contributed by atoms with van der Waals surface area (Å²) in [6.07, 6.45) is 3.51. The van der Waals surface area contributed by atoms with Gasteiger partial charge in [0.25, 0.3) is 0 Å². The fourth-order valence-corrected chi connectivity index (χ4v) is 3.24. The first kappa shape index (κ1) is 13.4. The van der Waals surface area contributed by atoms with Gasteiger partial charge in [0.1, 0.15) is 10.9 Å². The van der Waals surface area contributed by atoms with E-state index in [-0.39, 0.29) is 5.75 Å². The third-order valence-electron chi connectivity index (χ3n) is 3.72. The molecule has 104 valence electrons. The van der Waals surface area contributed by atoms with Crippen LogP contribution in [0.25, 0.3) is 10.9 Å². The van der Waals surface area contributed by atoms with Crippen molar-refractivity contribution in [2.24, 2.45) is 0 Å². The highest BCUT2D eigenvalue weighted by molar-refractivity contribution is 8.00. The molecule has 0 unspecified atom stereocenters. The van der Waals surface area contributed by atoms with E-state index in [1.807, 2.05) is 25.1 Å². The van der Waals surface area contributed by atoms with Crippen molar-refractivity contribution in [2.45, 2.75) is 37.1 Å². The Balaban J connectivity index is 2.09. The first-order valence-corrected chi connectivity index (χ1v) is 7.75. The van der Waals surface area contributed by atoms with Gasteiger partial charge in [-0.05, 0) is 31.4 Å². The molecule has 0 atom stereocenters. The van der Waals surface area contributed by atoms with Crippen LogP contribution in [-0.2, 0) is 4.79 Å². The molecular formula is C15H16N2O2S. The summed E-state index contributed by atoms with van der Waals surface area (Å²) in [5, 5.41) is 10.7. The van der Waals surface area contributed by atoms with Gasteiger partial charge in [-0.15, -0.1) is 0 Å². The summed E-state index contributed by atoms with van der Waals surface area (Å²) < 4.78 is 0. The van der Waals surface area contributed by atoms with Crippen molar-refractivity contribution in [3.05, 3.63) is 29.6 Å². The molecule has 1 N–H and O–H groups in total. The quantitative estimate of drug-likeness (QED) is 0.690. The number of aryl methyl sites for hydroxylation is 1. The molecule has 1 aliphatic rings. The topological polar surface area (TPSA) is 63.1 Å². The zero-order valence-corrected chi connectivity index (χ0v) is 12.1. The molecule has 0 saturated heterocycles. The number of fused-ring (bicyclic) bond motifs is 1. The van der Waals surface area contributed by atoms with E-state index in [0.29, 0.717) is 5.92 Å². The average molecular weight is 288 g/mol. The van der Waals surface area contributed by atoms with E-state index in [1.165, 1.54) is 18.2 Å². The number of carboxylic acids is 1. The number of carbonyl (C=O) groups is 1. The molecule has 0 bridgehead atoms. The van der Waals surface area contributed by atoms with Crippen LogP contribution in [0.5, 0.6) is 0 Å². The minimum atomic E-state index is -0.819. The number of nitrogens with zero attached hydrogens (tertiary/aromatic N) is 2. The largest absolute Gasteiger partial charge is 0.481 e. The lowest BCUT2D eigenvalue weighted by Crippen LogP contribution is -2.13. The Bertz CT molecular complexity index is 668. The van der Waals surface area contributed by atoms with E-state index < -0.39 is 5.97 Å². The molecule has 3 rings (SSSR count). The Morgan fingerprint density at radius 3 is 2.85 bits per heavy atom. The Morgan fingerprint density at radius 2 is 2.20 bits per heavy atom. The highest BCUT2D eigenvalue weighted by Crippen LogP contribution is 2.37. The molecule has 1 fully saturated rings. The minimum absolute atomic E-state index is 0.0323. The number of aromatic nitrogens is 2. The molecule has 1 aromatic heterocycles. The summed E-state index contributed by atoms with van der Waals surface area (Å²) in [6.45, 7) is 2.01. The van der Waals surface area contributed by atoms with Gasteiger partial charge >= 0.3 is 5.97 Å². The molecule has 1 heterocycles. The van der Waals surface area contributed by atoms with Crippen molar-refractivity contribution in [1.29, 1.82) is 0 Å². The number of rotatable bonds is 4. The molecule has 2 aromatic rings. The number of thioether (sulfide) groups is 1. The van der Waals surface area contributed by atoms with Gasteiger partial charge in [-0.25, -0.2) is 9.97 Å². The highest BCUT2D eigenvalue weighted by atomic mass is 32.2. The number of carboxylic acid groups (broad SMARTS) is 1. The minimum Gasteiger partial charge on any atom is -0.481 e. The summed E-state index contributed by atoms with van der Waals surface area (Å²) >= 11 is 1.29. The molecular weight excluding hydrogens is 272 g/mol. The molecule has 0 radical (unpaired) electrons. The van der Waals surface area contributed by atoms with Crippen LogP contribution in [-0.4, -0.2) is 26.8 Å². The van der Waals surface area contributed by atoms with Gasteiger partial charge in [0, 0.05) is 11.3 Å². The summed E-state index contributed by atoms with van der Waals surface area (Å²) in [4.78, 5) is 20.1. The molecule has 20 heavy (non-hydrogen) atoms. The van der Waals surface area contributed by atoms with Crippen LogP contribution >= 0.6 is 11.8 Å². The van der Waals surface area contributed by atoms with Crippen molar-refractivity contribution in [3.63, 3.8) is 0 Å². The number of aliphatic carboxylic acids is 1. The Hall–Kier alpha value is -1.62. The summed E-state index contributed by atoms with van der Waals surface area (Å²) in [6, 6.07) is 5.98. The van der Waals surface area contributed by atoms with Crippen LogP contribution in [0.2, 0.25) is 0 Å². The molecule has 5 heteroatoms. The van der Waals surface area contributed by atoms with Crippen molar-refractivity contribution in [2.75, 3.05) is 5.75 Å². The van der Waals surface area contributed by atoms with Crippen LogP contribution in [0.3, 0.4) is 0 Å². The van der Waals surface area contributed by atoms with Gasteiger partial charge in [-0.2, -0.15) is 0 Å². The maximum absolute atomic E-state index is 10.8. The van der Waals surface area contributed by atoms with Crippen LogP contribution < -0.4 is 0 Å². The second-order valence-electron chi connectivity index (χ2n) is 5.17. The highest BCUT2D eigenvalue weighted by Gasteiger charge is 2.24. The van der Waals surface area contributed by atoms with E-state index in [2.05, 4.69) is 9.97 Å². The first-order chi connectivity index (χ1) is 9.65. The lowest BCUT2D eigenvalue weighted by Gasteiger charge is -2.24. The fourth-order valence-electron chi connectivity index (χ4n) is 2.42. The third-order valence-corrected chi connectivity index (χ3v) is 4.68. The molecule has 0 spiro atoms. The van der Waals surface area contributed by atoms with Crippen LogP contribution in [0, 0.1) is 6.92 Å². The Labute approximate surface area is 121 Å². The van der Waals surface area contributed by atoms with Crippen molar-refractivity contribution >= 4 is 28.6 Å². The molecule has 1 saturated carbocycles. The van der Waals surface area contributed by atoms with E-state index >= 15 is 0 Å². The third kappa shape index (κ3) is 2.50. The van der Waals surface area contributed by atoms with Gasteiger partial charge < -0.3 is 5.11 Å². The summed E-state index contributed by atoms with van der Waals surface area (Å²) in [5.74, 6) is 0.539. The van der Waals surface area contributed by atoms with Gasteiger partial charge in [0.15, 0.2) is 0 Å². The zero-order valence-electron chi connectivity index (χ0n) is 11.3. The monoisotopic (exact) mass is 288 g/mol. The van der Waals surface area contributed by atoms with E-state index in [0.717, 1.165) is 40.2 Å². The van der Waals surface area contributed by atoms with Crippen LogP contribution in [0.1, 0.15) is 36.6 Å². The maximum atomic E-state index is 10.8. The van der Waals surface area contributed by atoms with Crippen molar-refractivity contribution < 1.29 is 9.90 Å². The van der Waals surface area contributed by atoms with Gasteiger partial charge in [0.05, 0.1) is 11.3 Å².